The van der Waals surface area contributed by atoms with Crippen LogP contribution in [-0.4, -0.2) is 44.2 Å². The third-order valence-corrected chi connectivity index (χ3v) is 8.93. The van der Waals surface area contributed by atoms with Gasteiger partial charge >= 0.3 is 5.91 Å². The average Bonchev–Trinajstić information content (AvgIpc) is 3.00. The molecular weight excluding hydrogens is 526 g/mol. The Balaban J connectivity index is 3.47. The number of ether oxygens (including phenoxy) is 1. The van der Waals surface area contributed by atoms with Gasteiger partial charge in [-0.3, -0.25) is 4.48 Å². The highest BCUT2D eigenvalue weighted by molar-refractivity contribution is 5.70. The Hall–Kier alpha value is -0.930. The number of rotatable bonds is 34. The lowest BCUT2D eigenvalue weighted by atomic mass is 10.1. The molecule has 3 nitrogen and oxygen atoms in total. The van der Waals surface area contributed by atoms with E-state index in [0.29, 0.717) is 4.48 Å². The molecular formula is C40H78NO2+. The van der Waals surface area contributed by atoms with Crippen LogP contribution in [0.25, 0.3) is 0 Å². The van der Waals surface area contributed by atoms with Crippen molar-refractivity contribution in [3.8, 4) is 0 Å². The van der Waals surface area contributed by atoms with Crippen molar-refractivity contribution < 1.29 is 14.0 Å². The number of carbonyl (C=O) groups excluding carboxylic acids is 1. The van der Waals surface area contributed by atoms with E-state index < -0.39 is 0 Å². The molecule has 0 N–H and O–H groups in total. The van der Waals surface area contributed by atoms with Gasteiger partial charge in [-0.05, 0) is 70.6 Å². The van der Waals surface area contributed by atoms with Gasteiger partial charge in [-0.25, -0.2) is 4.79 Å². The van der Waals surface area contributed by atoms with E-state index >= 15 is 0 Å². The Labute approximate surface area is 271 Å². The highest BCUT2D eigenvalue weighted by atomic mass is 16.5. The third-order valence-electron chi connectivity index (χ3n) is 8.93. The molecule has 0 aliphatic heterocycles. The third kappa shape index (κ3) is 32.3. The maximum atomic E-state index is 12.7. The number of likely N-dealkylation sites (N-methyl/N-ethyl adjacent to an activating group) is 1. The van der Waals surface area contributed by atoms with Gasteiger partial charge in [0.2, 0.25) is 0 Å². The minimum absolute atomic E-state index is 0.220. The zero-order valence-electron chi connectivity index (χ0n) is 30.0. The molecule has 3 heteroatoms. The summed E-state index contributed by atoms with van der Waals surface area (Å²) in [5.74, 6) is 0.220. The van der Waals surface area contributed by atoms with E-state index in [0.717, 1.165) is 26.0 Å². The van der Waals surface area contributed by atoms with Gasteiger partial charge in [0.1, 0.15) is 0 Å². The summed E-state index contributed by atoms with van der Waals surface area (Å²) in [5, 5.41) is 0. The monoisotopic (exact) mass is 605 g/mol. The number of nitrogens with zero attached hydrogens (tertiary/aromatic N) is 1. The van der Waals surface area contributed by atoms with Crippen molar-refractivity contribution in [1.29, 1.82) is 0 Å². The summed E-state index contributed by atoms with van der Waals surface area (Å²) in [6, 6.07) is 0. The van der Waals surface area contributed by atoms with Gasteiger partial charge in [0.15, 0.2) is 6.61 Å². The molecule has 0 aromatic heterocycles. The molecule has 0 bridgehead atoms. The quantitative estimate of drug-likeness (QED) is 0.0415. The first-order valence-corrected chi connectivity index (χ1v) is 19.3. The van der Waals surface area contributed by atoms with Gasteiger partial charge in [0.25, 0.3) is 0 Å². The fraction of sp³-hybridized carbons (Fsp3) is 0.875. The van der Waals surface area contributed by atoms with Gasteiger partial charge in [-0.1, -0.05) is 147 Å². The highest BCUT2D eigenvalue weighted by Gasteiger charge is 2.25. The summed E-state index contributed by atoms with van der Waals surface area (Å²) in [6.45, 7) is 6.48. The van der Waals surface area contributed by atoms with Crippen molar-refractivity contribution in [3.63, 3.8) is 0 Å². The lowest BCUT2D eigenvalue weighted by molar-refractivity contribution is -0.814. The number of hydrogen-bond donors (Lipinski definition) is 0. The van der Waals surface area contributed by atoms with Crippen molar-refractivity contribution in [2.45, 2.75) is 194 Å². The van der Waals surface area contributed by atoms with Crippen LogP contribution in [-0.2, 0) is 9.53 Å². The van der Waals surface area contributed by atoms with Crippen molar-refractivity contribution in [3.05, 3.63) is 24.3 Å². The van der Waals surface area contributed by atoms with E-state index in [1.54, 1.807) is 0 Å². The molecule has 0 saturated carbocycles. The van der Waals surface area contributed by atoms with Gasteiger partial charge in [-0.15, -0.1) is 0 Å². The predicted molar refractivity (Wildman–Crippen MR) is 192 cm³/mol. The maximum Gasteiger partial charge on any atom is 0.339 e. The Morgan fingerprint density at radius 2 is 0.791 bits per heavy atom. The SMILES string of the molecule is CCCCCCCCC=CCCCCCCCCOCC(=O)[N+](C)(C)CCCCCCCCC=CCCCCCCCC. The molecule has 0 atom stereocenters. The summed E-state index contributed by atoms with van der Waals surface area (Å²) in [7, 11) is 4.10. The topological polar surface area (TPSA) is 26.3 Å². The molecule has 0 aromatic rings. The van der Waals surface area contributed by atoms with Crippen molar-refractivity contribution in [1.82, 2.24) is 0 Å². The Morgan fingerprint density at radius 3 is 1.19 bits per heavy atom. The van der Waals surface area contributed by atoms with E-state index in [9.17, 15) is 4.79 Å². The minimum atomic E-state index is 0.220. The number of carbonyl (C=O) groups is 1. The fourth-order valence-electron chi connectivity index (χ4n) is 5.67. The average molecular weight is 605 g/mol. The summed E-state index contributed by atoms with van der Waals surface area (Å²) >= 11 is 0. The highest BCUT2D eigenvalue weighted by Crippen LogP contribution is 2.13. The number of amides is 1. The molecule has 254 valence electrons. The number of hydrogen-bond acceptors (Lipinski definition) is 2. The molecule has 0 rings (SSSR count). The second-order valence-electron chi connectivity index (χ2n) is 13.7. The maximum absolute atomic E-state index is 12.7. The largest absolute Gasteiger partial charge is 0.367 e. The van der Waals surface area contributed by atoms with E-state index in [4.69, 9.17) is 4.74 Å². The summed E-state index contributed by atoms with van der Waals surface area (Å²) in [6.07, 6.45) is 46.5. The van der Waals surface area contributed by atoms with Crippen LogP contribution in [0.3, 0.4) is 0 Å². The van der Waals surface area contributed by atoms with Gasteiger partial charge in [0, 0.05) is 6.61 Å². The van der Waals surface area contributed by atoms with Crippen LogP contribution in [0, 0.1) is 0 Å². The minimum Gasteiger partial charge on any atom is -0.367 e. The van der Waals surface area contributed by atoms with Crippen LogP contribution in [0.1, 0.15) is 194 Å². The first kappa shape index (κ1) is 42.1. The Kier molecular flexibility index (Phi) is 33.2. The number of unbranched alkanes of at least 4 members (excludes halogenated alkanes) is 24. The molecule has 0 heterocycles. The predicted octanol–water partition coefficient (Wildman–Crippen LogP) is 12.7. The van der Waals surface area contributed by atoms with Gasteiger partial charge in [0.05, 0.1) is 20.6 Å². The molecule has 43 heavy (non-hydrogen) atoms. The van der Waals surface area contributed by atoms with Crippen LogP contribution in [0.5, 0.6) is 0 Å². The molecule has 0 saturated heterocycles. The first-order valence-electron chi connectivity index (χ1n) is 19.3. The zero-order chi connectivity index (χ0) is 31.5. The van der Waals surface area contributed by atoms with E-state index in [1.165, 1.54) is 167 Å². The molecule has 0 aliphatic carbocycles. The second-order valence-corrected chi connectivity index (χ2v) is 13.7. The lowest BCUT2D eigenvalue weighted by Gasteiger charge is -2.26. The molecule has 0 unspecified atom stereocenters. The molecule has 0 aromatic carbocycles. The Bertz CT molecular complexity index is 624. The van der Waals surface area contributed by atoms with E-state index in [1.807, 2.05) is 14.1 Å². The molecule has 1 amide bonds. The van der Waals surface area contributed by atoms with Crippen molar-refractivity contribution in [2.75, 3.05) is 33.9 Å². The first-order chi connectivity index (χ1) is 21.0. The second kappa shape index (κ2) is 34.0. The van der Waals surface area contributed by atoms with Crippen LogP contribution >= 0.6 is 0 Å². The normalized spacial score (nSPS) is 12.3. The summed E-state index contributed by atoms with van der Waals surface area (Å²) < 4.78 is 6.21. The van der Waals surface area contributed by atoms with E-state index in [-0.39, 0.29) is 12.5 Å². The molecule has 0 fully saturated rings. The molecule has 0 radical (unpaired) electrons. The molecule has 0 aliphatic rings. The Morgan fingerprint density at radius 1 is 0.465 bits per heavy atom. The van der Waals surface area contributed by atoms with Crippen LogP contribution in [0.2, 0.25) is 0 Å². The van der Waals surface area contributed by atoms with Crippen molar-refractivity contribution >= 4 is 5.91 Å². The fourth-order valence-corrected chi connectivity index (χ4v) is 5.67. The number of quaternary nitrogens is 1. The smallest absolute Gasteiger partial charge is 0.339 e. The van der Waals surface area contributed by atoms with Crippen LogP contribution in [0.15, 0.2) is 24.3 Å². The zero-order valence-corrected chi connectivity index (χ0v) is 30.0. The van der Waals surface area contributed by atoms with Crippen LogP contribution < -0.4 is 0 Å². The summed E-state index contributed by atoms with van der Waals surface area (Å²) in [5.41, 5.74) is 0. The number of allylic oxidation sites excluding steroid dienone is 4. The van der Waals surface area contributed by atoms with Gasteiger partial charge < -0.3 is 4.74 Å². The van der Waals surface area contributed by atoms with Crippen molar-refractivity contribution in [2.24, 2.45) is 0 Å². The standard InChI is InChI=1S/C40H78NO2/c1-5-7-9-11-13-15-17-19-21-23-25-27-29-31-33-35-37-41(3,4)40(42)39-43-38-36-34-32-30-28-26-24-22-20-18-16-14-12-10-8-6-2/h19-22H,5-18,23-39H2,1-4H3/q+1. The molecule has 0 spiro atoms. The van der Waals surface area contributed by atoms with E-state index in [2.05, 4.69) is 38.2 Å². The lowest BCUT2D eigenvalue weighted by Crippen LogP contribution is -2.48. The van der Waals surface area contributed by atoms with Crippen LogP contribution in [0.4, 0.5) is 0 Å². The summed E-state index contributed by atoms with van der Waals surface area (Å²) in [4.78, 5) is 12.7. The van der Waals surface area contributed by atoms with Gasteiger partial charge in [-0.2, -0.15) is 0 Å².